The molecular weight excluding hydrogens is 218 g/mol. The molecule has 2 nitrogen and oxygen atoms in total. The van der Waals surface area contributed by atoms with Crippen LogP contribution in [0.25, 0.3) is 0 Å². The molecule has 3 heteroatoms. The maximum atomic E-state index is 9.08. The largest absolute Gasteiger partial charge is 0.392 e. The van der Waals surface area contributed by atoms with Gasteiger partial charge in [0, 0.05) is 10.9 Å². The topological polar surface area (TPSA) is 33.1 Å². The van der Waals surface area contributed by atoms with Gasteiger partial charge in [-0.05, 0) is 31.4 Å². The minimum Gasteiger partial charge on any atom is -0.392 e. The number of aryl methyl sites for hydroxylation is 1. The van der Waals surface area contributed by atoms with E-state index in [1.807, 2.05) is 30.8 Å². The number of rotatable bonds is 3. The molecule has 1 aromatic rings. The summed E-state index contributed by atoms with van der Waals surface area (Å²) < 4.78 is 0. The van der Waals surface area contributed by atoms with E-state index in [-0.39, 0.29) is 6.61 Å². The molecule has 1 aromatic heterocycles. The third-order valence-electron chi connectivity index (χ3n) is 3.18. The highest BCUT2D eigenvalue weighted by molar-refractivity contribution is 7.99. The van der Waals surface area contributed by atoms with Crippen LogP contribution in [0.3, 0.4) is 0 Å². The number of thioether (sulfide) groups is 1. The predicted molar refractivity (Wildman–Crippen MR) is 67.6 cm³/mol. The normalized spacial score (nSPS) is 17.6. The molecule has 0 radical (unpaired) electrons. The fourth-order valence-corrected chi connectivity index (χ4v) is 3.40. The van der Waals surface area contributed by atoms with Gasteiger partial charge in [0.25, 0.3) is 0 Å². The fraction of sp³-hybridized carbons (Fsp3) is 0.615. The van der Waals surface area contributed by atoms with Gasteiger partial charge in [-0.15, -0.1) is 11.8 Å². The van der Waals surface area contributed by atoms with Gasteiger partial charge in [0.2, 0.25) is 0 Å². The lowest BCUT2D eigenvalue weighted by atomic mass is 10.0. The van der Waals surface area contributed by atoms with Gasteiger partial charge in [-0.2, -0.15) is 0 Å². The Hall–Kier alpha value is -0.540. The van der Waals surface area contributed by atoms with Gasteiger partial charge in [-0.3, -0.25) is 0 Å². The first-order valence-electron chi connectivity index (χ1n) is 6.03. The molecule has 0 unspecified atom stereocenters. The van der Waals surface area contributed by atoms with Crippen molar-refractivity contribution in [3.05, 3.63) is 23.4 Å². The van der Waals surface area contributed by atoms with Gasteiger partial charge in [-0.1, -0.05) is 25.3 Å². The Balaban J connectivity index is 2.01. The molecule has 2 rings (SSSR count). The number of pyridine rings is 1. The van der Waals surface area contributed by atoms with Crippen LogP contribution in [0.4, 0.5) is 0 Å². The van der Waals surface area contributed by atoms with E-state index in [1.54, 1.807) is 0 Å². The van der Waals surface area contributed by atoms with Crippen LogP contribution in [-0.2, 0) is 6.61 Å². The first kappa shape index (κ1) is 11.9. The summed E-state index contributed by atoms with van der Waals surface area (Å²) in [6.07, 6.45) is 6.78. The summed E-state index contributed by atoms with van der Waals surface area (Å²) in [5, 5.41) is 10.9. The monoisotopic (exact) mass is 237 g/mol. The lowest BCUT2D eigenvalue weighted by Gasteiger charge is -2.20. The van der Waals surface area contributed by atoms with Gasteiger partial charge in [0.05, 0.1) is 11.6 Å². The van der Waals surface area contributed by atoms with E-state index in [2.05, 4.69) is 4.98 Å². The van der Waals surface area contributed by atoms with Gasteiger partial charge in [-0.25, -0.2) is 4.98 Å². The van der Waals surface area contributed by atoms with Crippen LogP contribution in [0.1, 0.15) is 43.4 Å². The SMILES string of the molecule is Cc1nc(SC2CCCCC2)ccc1CO. The van der Waals surface area contributed by atoms with Crippen LogP contribution in [-0.4, -0.2) is 15.3 Å². The molecule has 0 aliphatic heterocycles. The summed E-state index contributed by atoms with van der Waals surface area (Å²) in [4.78, 5) is 4.54. The van der Waals surface area contributed by atoms with Crippen molar-refractivity contribution in [2.75, 3.05) is 0 Å². The second kappa shape index (κ2) is 5.69. The van der Waals surface area contributed by atoms with E-state index < -0.39 is 0 Å². The van der Waals surface area contributed by atoms with Gasteiger partial charge < -0.3 is 5.11 Å². The van der Waals surface area contributed by atoms with Crippen LogP contribution >= 0.6 is 11.8 Å². The van der Waals surface area contributed by atoms with Gasteiger partial charge in [0.15, 0.2) is 0 Å². The molecule has 1 aliphatic rings. The van der Waals surface area contributed by atoms with Crippen molar-refractivity contribution in [3.63, 3.8) is 0 Å². The Kier molecular flexibility index (Phi) is 4.24. The van der Waals surface area contributed by atoms with E-state index in [9.17, 15) is 0 Å². The van der Waals surface area contributed by atoms with Crippen molar-refractivity contribution in [2.45, 2.75) is 55.9 Å². The zero-order valence-electron chi connectivity index (χ0n) is 9.78. The molecule has 1 aliphatic carbocycles. The Labute approximate surface area is 101 Å². The lowest BCUT2D eigenvalue weighted by Crippen LogP contribution is -2.08. The predicted octanol–water partition coefficient (Wildman–Crippen LogP) is 3.31. The molecule has 1 fully saturated rings. The first-order chi connectivity index (χ1) is 7.79. The molecule has 1 saturated carbocycles. The molecule has 88 valence electrons. The van der Waals surface area contributed by atoms with Crippen LogP contribution in [0, 0.1) is 6.92 Å². The smallest absolute Gasteiger partial charge is 0.0965 e. The van der Waals surface area contributed by atoms with Crippen molar-refractivity contribution in [1.29, 1.82) is 0 Å². The highest BCUT2D eigenvalue weighted by Crippen LogP contribution is 2.32. The van der Waals surface area contributed by atoms with Crippen molar-refractivity contribution in [3.8, 4) is 0 Å². The standard InChI is InChI=1S/C13H19NOS/c1-10-11(9-15)7-8-13(14-10)16-12-5-3-2-4-6-12/h7-8,12,15H,2-6,9H2,1H3. The molecule has 1 N–H and O–H groups in total. The van der Waals surface area contributed by atoms with E-state index in [0.29, 0.717) is 0 Å². The molecule has 0 bridgehead atoms. The third-order valence-corrected chi connectivity index (χ3v) is 4.45. The first-order valence-corrected chi connectivity index (χ1v) is 6.91. The van der Waals surface area contributed by atoms with Crippen molar-refractivity contribution < 1.29 is 5.11 Å². The highest BCUT2D eigenvalue weighted by Gasteiger charge is 2.15. The van der Waals surface area contributed by atoms with Crippen LogP contribution in [0.2, 0.25) is 0 Å². The van der Waals surface area contributed by atoms with E-state index >= 15 is 0 Å². The molecule has 0 spiro atoms. The Morgan fingerprint density at radius 2 is 2.06 bits per heavy atom. The van der Waals surface area contributed by atoms with Crippen molar-refractivity contribution in [1.82, 2.24) is 4.98 Å². The Morgan fingerprint density at radius 1 is 1.31 bits per heavy atom. The van der Waals surface area contributed by atoms with E-state index in [0.717, 1.165) is 21.5 Å². The van der Waals surface area contributed by atoms with Crippen molar-refractivity contribution in [2.24, 2.45) is 0 Å². The molecule has 1 heterocycles. The maximum absolute atomic E-state index is 9.08. The number of aromatic nitrogens is 1. The molecule has 0 saturated heterocycles. The zero-order chi connectivity index (χ0) is 11.4. The zero-order valence-corrected chi connectivity index (χ0v) is 10.6. The molecule has 16 heavy (non-hydrogen) atoms. The molecule has 0 amide bonds. The van der Waals surface area contributed by atoms with Crippen LogP contribution in [0.15, 0.2) is 17.2 Å². The number of aliphatic hydroxyl groups is 1. The Morgan fingerprint density at radius 3 is 2.69 bits per heavy atom. The van der Waals surface area contributed by atoms with Gasteiger partial charge in [0.1, 0.15) is 0 Å². The fourth-order valence-electron chi connectivity index (χ4n) is 2.15. The summed E-state index contributed by atoms with van der Waals surface area (Å²) in [6, 6.07) is 4.03. The van der Waals surface area contributed by atoms with Gasteiger partial charge >= 0.3 is 0 Å². The highest BCUT2D eigenvalue weighted by atomic mass is 32.2. The minimum absolute atomic E-state index is 0.0905. The van der Waals surface area contributed by atoms with E-state index in [4.69, 9.17) is 5.11 Å². The van der Waals surface area contributed by atoms with Crippen LogP contribution < -0.4 is 0 Å². The average Bonchev–Trinajstić information content (AvgIpc) is 2.31. The third kappa shape index (κ3) is 2.98. The van der Waals surface area contributed by atoms with E-state index in [1.165, 1.54) is 32.1 Å². The quantitative estimate of drug-likeness (QED) is 0.875. The maximum Gasteiger partial charge on any atom is 0.0965 e. The Bertz CT molecular complexity index is 348. The summed E-state index contributed by atoms with van der Waals surface area (Å²) in [6.45, 7) is 2.06. The minimum atomic E-state index is 0.0905. The lowest BCUT2D eigenvalue weighted by molar-refractivity contribution is 0.280. The second-order valence-corrected chi connectivity index (χ2v) is 5.75. The van der Waals surface area contributed by atoms with Crippen LogP contribution in [0.5, 0.6) is 0 Å². The second-order valence-electron chi connectivity index (χ2n) is 4.43. The molecular formula is C13H19NOS. The summed E-state index contributed by atoms with van der Waals surface area (Å²) in [5.74, 6) is 0. The molecule has 0 atom stereocenters. The molecule has 0 aromatic carbocycles. The number of hydrogen-bond acceptors (Lipinski definition) is 3. The number of nitrogens with zero attached hydrogens (tertiary/aromatic N) is 1. The summed E-state index contributed by atoms with van der Waals surface area (Å²) in [7, 11) is 0. The average molecular weight is 237 g/mol. The summed E-state index contributed by atoms with van der Waals surface area (Å²) in [5.41, 5.74) is 1.90. The number of hydrogen-bond donors (Lipinski definition) is 1. The number of aliphatic hydroxyl groups excluding tert-OH is 1. The summed E-state index contributed by atoms with van der Waals surface area (Å²) >= 11 is 1.91. The van der Waals surface area contributed by atoms with Crippen molar-refractivity contribution >= 4 is 11.8 Å².